The first-order valence-electron chi connectivity index (χ1n) is 22.9. The molecular weight excluding hydrogens is 866 g/mol. The molecule has 0 aliphatic carbocycles. The summed E-state index contributed by atoms with van der Waals surface area (Å²) in [5, 5.41) is 0. The Morgan fingerprint density at radius 2 is 0.585 bits per heavy atom. The van der Waals surface area contributed by atoms with Gasteiger partial charge in [0.2, 0.25) is 0 Å². The van der Waals surface area contributed by atoms with Crippen molar-refractivity contribution in [3.63, 3.8) is 0 Å². The fraction of sp³-hybridized carbons (Fsp3) is 0.333. The molecule has 11 heteroatoms. The molecule has 1 N–H and O–H groups in total. The molecular formula is C54H69N2O6P3. The Labute approximate surface area is 391 Å². The van der Waals surface area contributed by atoms with Crippen LogP contribution in [0.1, 0.15) is 152 Å². The van der Waals surface area contributed by atoms with Crippen LogP contribution in [0.4, 0.5) is 0 Å². The molecule has 0 fully saturated rings. The normalized spacial score (nSPS) is 12.2. The third-order valence-corrected chi connectivity index (χ3v) is 17.4. The summed E-state index contributed by atoms with van der Waals surface area (Å²) in [4.78, 5) is 3.67. The summed E-state index contributed by atoms with van der Waals surface area (Å²) < 4.78 is 47.2. The van der Waals surface area contributed by atoms with Gasteiger partial charge >= 0.3 is 393 Å². The van der Waals surface area contributed by atoms with Crippen LogP contribution in [-0.4, -0.2) is 0 Å². The van der Waals surface area contributed by atoms with Crippen molar-refractivity contribution in [3.8, 4) is 34.5 Å². The Morgan fingerprint density at radius 1 is 0.354 bits per heavy atom. The van der Waals surface area contributed by atoms with E-state index in [0.29, 0.717) is 70.0 Å². The summed E-state index contributed by atoms with van der Waals surface area (Å²) in [5.74, 6) is 5.63. The fourth-order valence-corrected chi connectivity index (χ4v) is 13.1. The summed E-state index contributed by atoms with van der Waals surface area (Å²) in [6.45, 7) is 26.1. The second-order valence-corrected chi connectivity index (χ2v) is 23.4. The molecule has 0 bridgehead atoms. The van der Waals surface area contributed by atoms with Crippen LogP contribution in [0.3, 0.4) is 0 Å². The van der Waals surface area contributed by atoms with Crippen molar-refractivity contribution in [1.82, 2.24) is 4.86 Å². The van der Waals surface area contributed by atoms with Crippen molar-refractivity contribution in [2.24, 2.45) is 4.52 Å². The van der Waals surface area contributed by atoms with Gasteiger partial charge in [-0.2, -0.15) is 0 Å². The van der Waals surface area contributed by atoms with Crippen LogP contribution in [0, 0.1) is 0 Å². The van der Waals surface area contributed by atoms with Crippen LogP contribution in [0.25, 0.3) is 0 Å². The van der Waals surface area contributed by atoms with E-state index in [2.05, 4.69) is 161 Å². The van der Waals surface area contributed by atoms with Gasteiger partial charge in [-0.25, -0.2) is 0 Å². The summed E-state index contributed by atoms with van der Waals surface area (Å²) in [5.41, 5.74) is 7.14. The quantitative estimate of drug-likeness (QED) is 0.0720. The molecule has 0 saturated heterocycles. The van der Waals surface area contributed by atoms with Gasteiger partial charge in [0.1, 0.15) is 0 Å². The Hall–Kier alpha value is -4.83. The zero-order valence-electron chi connectivity index (χ0n) is 40.2. The number of nitrogens with one attached hydrogen (secondary N) is 1. The van der Waals surface area contributed by atoms with Crippen molar-refractivity contribution in [2.45, 2.75) is 119 Å². The minimum atomic E-state index is -4.27. The van der Waals surface area contributed by atoms with Gasteiger partial charge in [0.05, 0.1) is 0 Å². The maximum absolute atomic E-state index is 7.19. The Kier molecular flexibility index (Phi) is 17.6. The van der Waals surface area contributed by atoms with Crippen LogP contribution in [0.5, 0.6) is 34.5 Å². The van der Waals surface area contributed by atoms with E-state index in [-0.39, 0.29) is 0 Å². The molecule has 0 saturated carbocycles. The summed E-state index contributed by atoms with van der Waals surface area (Å²) in [6, 6.07) is 48.5. The monoisotopic (exact) mass is 934 g/mol. The van der Waals surface area contributed by atoms with Crippen LogP contribution in [-0.2, 0) is 0 Å². The Bertz CT molecular complexity index is 2240. The van der Waals surface area contributed by atoms with E-state index in [1.165, 1.54) is 33.4 Å². The molecule has 6 rings (SSSR count). The average molecular weight is 935 g/mol. The maximum atomic E-state index is 7.19. The van der Waals surface area contributed by atoms with Crippen LogP contribution >= 0.6 is 24.7 Å². The van der Waals surface area contributed by atoms with Crippen molar-refractivity contribution in [3.05, 3.63) is 179 Å². The second-order valence-electron chi connectivity index (χ2n) is 18.3. The van der Waals surface area contributed by atoms with E-state index < -0.39 is 24.7 Å². The van der Waals surface area contributed by atoms with E-state index in [4.69, 9.17) is 31.7 Å². The predicted octanol–water partition coefficient (Wildman–Crippen LogP) is 17.7. The van der Waals surface area contributed by atoms with Gasteiger partial charge in [-0.1, -0.05) is 0 Å². The van der Waals surface area contributed by atoms with Crippen LogP contribution < -0.4 is 32.0 Å². The number of benzene rings is 6. The molecule has 0 spiro atoms. The molecule has 0 aliphatic heterocycles. The average Bonchev–Trinajstić information content (AvgIpc) is 3.27. The number of rotatable bonds is 21. The van der Waals surface area contributed by atoms with E-state index in [0.717, 1.165) is 0 Å². The molecule has 0 amide bonds. The second kappa shape index (κ2) is 23.1. The van der Waals surface area contributed by atoms with Gasteiger partial charge in [0, 0.05) is 0 Å². The molecule has 6 aromatic carbocycles. The van der Waals surface area contributed by atoms with Crippen molar-refractivity contribution >= 4 is 24.7 Å². The molecule has 0 aliphatic rings. The molecule has 0 radical (unpaired) electrons. The van der Waals surface area contributed by atoms with Gasteiger partial charge in [-0.05, 0) is 0 Å². The minimum absolute atomic E-state index is 0.323. The molecule has 0 atom stereocenters. The van der Waals surface area contributed by atoms with Gasteiger partial charge < -0.3 is 0 Å². The first-order valence-corrected chi connectivity index (χ1v) is 27.1. The molecule has 6 aromatic rings. The molecule has 346 valence electrons. The fourth-order valence-electron chi connectivity index (χ4n) is 6.73. The first kappa shape index (κ1) is 49.6. The third kappa shape index (κ3) is 14.6. The zero-order chi connectivity index (χ0) is 46.7. The topological polar surface area (TPSA) is 79.8 Å². The van der Waals surface area contributed by atoms with Crippen molar-refractivity contribution in [2.75, 3.05) is 0 Å². The Balaban J connectivity index is 1.56. The van der Waals surface area contributed by atoms with Crippen LogP contribution in [0.15, 0.2) is 150 Å². The zero-order valence-corrected chi connectivity index (χ0v) is 43.1. The number of hydrogen-bond acceptors (Lipinski definition) is 8. The predicted molar refractivity (Wildman–Crippen MR) is 276 cm³/mol. The molecule has 65 heavy (non-hydrogen) atoms. The Morgan fingerprint density at radius 3 is 0.831 bits per heavy atom. The van der Waals surface area contributed by atoms with E-state index in [9.17, 15) is 0 Å². The van der Waals surface area contributed by atoms with Gasteiger partial charge in [0.25, 0.3) is 0 Å². The molecule has 0 aromatic heterocycles. The van der Waals surface area contributed by atoms with Gasteiger partial charge in [-0.15, -0.1) is 0 Å². The molecule has 0 unspecified atom stereocenters. The first-order chi connectivity index (χ1) is 31.0. The van der Waals surface area contributed by atoms with Crippen molar-refractivity contribution in [1.29, 1.82) is 0 Å². The summed E-state index contributed by atoms with van der Waals surface area (Å²) in [6.07, 6.45) is 0. The van der Waals surface area contributed by atoms with E-state index in [1.54, 1.807) is 0 Å². The number of nitrogens with zero attached hydrogens (tertiary/aromatic N) is 1. The van der Waals surface area contributed by atoms with Gasteiger partial charge in [0.15, 0.2) is 0 Å². The third-order valence-electron chi connectivity index (χ3n) is 11.1. The standard InChI is InChI=1S/C54H69N2O6P3/c1-37(2)43-13-25-49(26-14-43)57-63(58-50-27-15-44(16-28-50)38(3)4)55-65(61-53-33-21-47(22-34-53)41(9)10,62-54-35-23-48(24-36-54)42(11)12)56-64(59-51-29-17-45(18-30-51)39(5)6)60-52-31-19-46(20-32-52)40(7)8/h13-42,55,64-65H,1-12H3. The number of hydrogen-bond donors (Lipinski definition) is 1. The van der Waals surface area contributed by atoms with Crippen molar-refractivity contribution < 1.29 is 27.1 Å². The summed E-state index contributed by atoms with van der Waals surface area (Å²) >= 11 is 0. The van der Waals surface area contributed by atoms with E-state index in [1.807, 2.05) is 72.8 Å². The van der Waals surface area contributed by atoms with Crippen LogP contribution in [0.2, 0.25) is 0 Å². The molecule has 8 nitrogen and oxygen atoms in total. The molecule has 0 heterocycles. The van der Waals surface area contributed by atoms with Gasteiger partial charge in [-0.3, -0.25) is 0 Å². The SMILES string of the molecule is CC(C)c1ccc(OP(N[PH](N=[PH](Oc2ccc(C(C)C)cc2)Oc2ccc(C(C)C)cc2)(Oc2ccc(C(C)C)cc2)Oc2ccc(C(C)C)cc2)Oc2ccc(C(C)C)cc2)cc1. The van der Waals surface area contributed by atoms with E-state index >= 15 is 0 Å². The summed E-state index contributed by atoms with van der Waals surface area (Å²) in [7, 11) is -9.05.